The molecular formula is C17H12N4O3. The molecule has 7 nitrogen and oxygen atoms in total. The molecule has 0 radical (unpaired) electrons. The average Bonchev–Trinajstić information content (AvgIpc) is 2.63. The van der Waals surface area contributed by atoms with Gasteiger partial charge in [0.15, 0.2) is 5.75 Å². The largest absolute Gasteiger partial charge is 0.465 e. The number of hydrazone groups is 1. The Morgan fingerprint density at radius 2 is 1.75 bits per heavy atom. The summed E-state index contributed by atoms with van der Waals surface area (Å²) in [7, 11) is 1.31. The van der Waals surface area contributed by atoms with Crippen LogP contribution < -0.4 is 10.2 Å². The van der Waals surface area contributed by atoms with Gasteiger partial charge >= 0.3 is 5.97 Å². The maximum absolute atomic E-state index is 11.4. The highest BCUT2D eigenvalue weighted by molar-refractivity contribution is 6.10. The molecule has 0 aliphatic carbocycles. The van der Waals surface area contributed by atoms with E-state index in [4.69, 9.17) is 15.3 Å². The number of nitrogens with one attached hydrogen (secondary N) is 1. The number of carbonyl (C=O) groups excluding carboxylic acids is 1. The van der Waals surface area contributed by atoms with Gasteiger partial charge in [0.2, 0.25) is 5.71 Å². The Balaban J connectivity index is 2.19. The summed E-state index contributed by atoms with van der Waals surface area (Å²) in [5.74, 6) is 0.516. The first-order valence-electron chi connectivity index (χ1n) is 6.77. The number of nitriles is 2. The molecular weight excluding hydrogens is 308 g/mol. The molecule has 0 unspecified atom stereocenters. The number of nitrogens with zero attached hydrogens (tertiary/aromatic N) is 3. The van der Waals surface area contributed by atoms with Crippen molar-refractivity contribution in [3.05, 3.63) is 54.1 Å². The molecule has 0 aliphatic heterocycles. The Hall–Kier alpha value is -3.84. The van der Waals surface area contributed by atoms with Crippen molar-refractivity contribution >= 4 is 17.4 Å². The number of carbonyl (C=O) groups is 1. The van der Waals surface area contributed by atoms with Crippen molar-refractivity contribution in [3.63, 3.8) is 0 Å². The Morgan fingerprint density at radius 3 is 2.38 bits per heavy atom. The first kappa shape index (κ1) is 16.5. The summed E-state index contributed by atoms with van der Waals surface area (Å²) >= 11 is 0. The van der Waals surface area contributed by atoms with Crippen LogP contribution in [0.5, 0.6) is 11.5 Å². The zero-order valence-electron chi connectivity index (χ0n) is 12.7. The molecule has 0 saturated heterocycles. The predicted octanol–water partition coefficient (Wildman–Crippen LogP) is 3.08. The molecule has 2 aromatic carbocycles. The lowest BCUT2D eigenvalue weighted by Gasteiger charge is -2.10. The number of hydrogen-bond acceptors (Lipinski definition) is 7. The van der Waals surface area contributed by atoms with Gasteiger partial charge in [0.05, 0.1) is 18.4 Å². The summed E-state index contributed by atoms with van der Waals surface area (Å²) in [6, 6.07) is 16.6. The van der Waals surface area contributed by atoms with Crippen LogP contribution in [-0.2, 0) is 4.74 Å². The maximum atomic E-state index is 11.4. The van der Waals surface area contributed by atoms with Crippen molar-refractivity contribution in [1.82, 2.24) is 0 Å². The van der Waals surface area contributed by atoms with Crippen molar-refractivity contribution in [2.24, 2.45) is 5.10 Å². The molecule has 2 aromatic rings. The number of hydrogen-bond donors (Lipinski definition) is 1. The second kappa shape index (κ2) is 7.97. The fraction of sp³-hybridized carbons (Fsp3) is 0.0588. The van der Waals surface area contributed by atoms with Gasteiger partial charge in [0.1, 0.15) is 17.9 Å². The van der Waals surface area contributed by atoms with Gasteiger partial charge < -0.3 is 9.47 Å². The number of ether oxygens (including phenoxy) is 2. The number of anilines is 1. The summed E-state index contributed by atoms with van der Waals surface area (Å²) < 4.78 is 10.4. The van der Waals surface area contributed by atoms with E-state index in [-0.39, 0.29) is 5.71 Å². The number of benzene rings is 2. The quantitative estimate of drug-likeness (QED) is 0.515. The van der Waals surface area contributed by atoms with Crippen molar-refractivity contribution in [3.8, 4) is 23.6 Å². The summed E-state index contributed by atoms with van der Waals surface area (Å²) in [6.07, 6.45) is 0. The maximum Gasteiger partial charge on any atom is 0.337 e. The zero-order valence-corrected chi connectivity index (χ0v) is 12.7. The second-order valence-corrected chi connectivity index (χ2v) is 4.41. The fourth-order valence-corrected chi connectivity index (χ4v) is 1.74. The molecule has 0 amide bonds. The van der Waals surface area contributed by atoms with E-state index in [1.165, 1.54) is 7.11 Å². The zero-order chi connectivity index (χ0) is 17.4. The molecule has 24 heavy (non-hydrogen) atoms. The number of methoxy groups -OCH3 is 1. The third-order valence-corrected chi connectivity index (χ3v) is 2.89. The van der Waals surface area contributed by atoms with E-state index < -0.39 is 5.97 Å². The summed E-state index contributed by atoms with van der Waals surface area (Å²) in [6.45, 7) is 0. The fourth-order valence-electron chi connectivity index (χ4n) is 1.74. The molecule has 1 N–H and O–H groups in total. The van der Waals surface area contributed by atoms with E-state index in [1.807, 2.05) is 0 Å². The summed E-state index contributed by atoms with van der Waals surface area (Å²) in [5, 5.41) is 21.1. The highest BCUT2D eigenvalue weighted by Crippen LogP contribution is 2.29. The lowest BCUT2D eigenvalue weighted by atomic mass is 10.2. The molecule has 0 fully saturated rings. The van der Waals surface area contributed by atoms with Crippen LogP contribution in [0.1, 0.15) is 10.4 Å². The van der Waals surface area contributed by atoms with Gasteiger partial charge in [-0.3, -0.25) is 5.43 Å². The predicted molar refractivity (Wildman–Crippen MR) is 86.6 cm³/mol. The van der Waals surface area contributed by atoms with E-state index in [9.17, 15) is 4.79 Å². The molecule has 0 saturated carbocycles. The van der Waals surface area contributed by atoms with E-state index in [0.29, 0.717) is 22.7 Å². The molecule has 0 bridgehead atoms. The first-order chi connectivity index (χ1) is 11.7. The molecule has 0 spiro atoms. The van der Waals surface area contributed by atoms with Gasteiger partial charge in [-0.25, -0.2) is 4.79 Å². The normalized spacial score (nSPS) is 9.12. The smallest absolute Gasteiger partial charge is 0.337 e. The minimum Gasteiger partial charge on any atom is -0.465 e. The molecule has 0 aromatic heterocycles. The molecule has 118 valence electrons. The third kappa shape index (κ3) is 4.09. The first-order valence-corrected chi connectivity index (χ1v) is 6.77. The number of para-hydroxylation sites is 2. The van der Waals surface area contributed by atoms with Crippen molar-refractivity contribution < 1.29 is 14.3 Å². The van der Waals surface area contributed by atoms with Crippen LogP contribution in [0.2, 0.25) is 0 Å². The van der Waals surface area contributed by atoms with E-state index >= 15 is 0 Å². The average molecular weight is 320 g/mol. The van der Waals surface area contributed by atoms with Gasteiger partial charge in [-0.15, -0.1) is 0 Å². The molecule has 0 atom stereocenters. The molecule has 7 heteroatoms. The van der Waals surface area contributed by atoms with Crippen LogP contribution >= 0.6 is 0 Å². The second-order valence-electron chi connectivity index (χ2n) is 4.41. The van der Waals surface area contributed by atoms with Crippen molar-refractivity contribution in [2.45, 2.75) is 0 Å². The Morgan fingerprint density at radius 1 is 1.08 bits per heavy atom. The van der Waals surface area contributed by atoms with Gasteiger partial charge in [-0.05, 0) is 36.4 Å². The van der Waals surface area contributed by atoms with E-state index in [2.05, 4.69) is 15.3 Å². The van der Waals surface area contributed by atoms with Crippen LogP contribution in [0.15, 0.2) is 53.6 Å². The lowest BCUT2D eigenvalue weighted by Crippen LogP contribution is -2.00. The summed E-state index contributed by atoms with van der Waals surface area (Å²) in [5.41, 5.74) is 3.21. The third-order valence-electron chi connectivity index (χ3n) is 2.89. The minimum absolute atomic E-state index is 0.299. The van der Waals surface area contributed by atoms with E-state index in [1.54, 1.807) is 60.7 Å². The van der Waals surface area contributed by atoms with Crippen LogP contribution in [0.4, 0.5) is 5.69 Å². The molecule has 0 heterocycles. The van der Waals surface area contributed by atoms with E-state index in [0.717, 1.165) is 0 Å². The Kier molecular flexibility index (Phi) is 5.49. The van der Waals surface area contributed by atoms with Gasteiger partial charge in [-0.1, -0.05) is 12.1 Å². The number of esters is 1. The van der Waals surface area contributed by atoms with Gasteiger partial charge in [0.25, 0.3) is 0 Å². The number of rotatable bonds is 5. The minimum atomic E-state index is -0.432. The Bertz CT molecular complexity index is 829. The van der Waals surface area contributed by atoms with Gasteiger partial charge in [-0.2, -0.15) is 15.6 Å². The molecule has 2 rings (SSSR count). The highest BCUT2D eigenvalue weighted by atomic mass is 16.5. The SMILES string of the molecule is COC(=O)c1ccc(Oc2ccccc2NN=C(C#N)C#N)cc1. The topological polar surface area (TPSA) is 108 Å². The lowest BCUT2D eigenvalue weighted by molar-refractivity contribution is 0.0600. The van der Waals surface area contributed by atoms with Crippen LogP contribution in [0, 0.1) is 22.7 Å². The standard InChI is InChI=1S/C17H12N4O3/c1-23-17(22)12-6-8-14(9-7-12)24-16-5-3-2-4-15(16)21-20-13(10-18)11-19/h2-9,21H,1H3. The van der Waals surface area contributed by atoms with Crippen LogP contribution in [0.3, 0.4) is 0 Å². The monoisotopic (exact) mass is 320 g/mol. The Labute approximate surface area is 138 Å². The van der Waals surface area contributed by atoms with Crippen LogP contribution in [-0.4, -0.2) is 18.8 Å². The van der Waals surface area contributed by atoms with Gasteiger partial charge in [0, 0.05) is 0 Å². The highest BCUT2D eigenvalue weighted by Gasteiger charge is 2.07. The van der Waals surface area contributed by atoms with Crippen molar-refractivity contribution in [1.29, 1.82) is 10.5 Å². The van der Waals surface area contributed by atoms with Crippen LogP contribution in [0.25, 0.3) is 0 Å². The summed E-state index contributed by atoms with van der Waals surface area (Å²) in [4.78, 5) is 11.4. The van der Waals surface area contributed by atoms with Crippen molar-refractivity contribution in [2.75, 3.05) is 12.5 Å². The molecule has 0 aliphatic rings.